The molecule has 2 heterocycles. The molecule has 1 aliphatic rings. The van der Waals surface area contributed by atoms with Crippen molar-refractivity contribution in [2.45, 2.75) is 6.92 Å². The van der Waals surface area contributed by atoms with Gasteiger partial charge in [0.15, 0.2) is 11.0 Å². The fourth-order valence-electron chi connectivity index (χ4n) is 4.88. The van der Waals surface area contributed by atoms with Gasteiger partial charge in [0.25, 0.3) is 5.91 Å². The maximum Gasteiger partial charge on any atom is 0.255 e. The van der Waals surface area contributed by atoms with Gasteiger partial charge in [-0.2, -0.15) is 0 Å². The summed E-state index contributed by atoms with van der Waals surface area (Å²) >= 11 is 0. The molecule has 1 fully saturated rings. The van der Waals surface area contributed by atoms with E-state index in [1.54, 1.807) is 32.2 Å². The lowest BCUT2D eigenvalue weighted by Gasteiger charge is -2.36. The quantitative estimate of drug-likeness (QED) is 0.369. The first kappa shape index (κ1) is 27.2. The normalized spacial score (nSPS) is 13.7. The van der Waals surface area contributed by atoms with Crippen LogP contribution in [0.15, 0.2) is 82.0 Å². The average molecular weight is 534 g/mol. The van der Waals surface area contributed by atoms with Crippen molar-refractivity contribution in [3.63, 3.8) is 0 Å². The number of anilines is 1. The van der Waals surface area contributed by atoms with Gasteiger partial charge in [0.2, 0.25) is 0 Å². The van der Waals surface area contributed by atoms with Gasteiger partial charge >= 0.3 is 0 Å². The molecule has 1 amide bonds. The highest BCUT2D eigenvalue weighted by atomic mass is 35.5. The minimum atomic E-state index is -0.246. The Morgan fingerprint density at radius 3 is 2.39 bits per heavy atom. The van der Waals surface area contributed by atoms with E-state index in [4.69, 9.17) is 9.15 Å². The molecule has 1 N–H and O–H groups in total. The highest BCUT2D eigenvalue weighted by molar-refractivity contribution is 6.05. The van der Waals surface area contributed by atoms with Crippen LogP contribution in [0.5, 0.6) is 5.75 Å². The molecule has 3 aromatic carbocycles. The topological polar surface area (TPSA) is 75.0 Å². The molecule has 0 radical (unpaired) electrons. The second-order valence-corrected chi connectivity index (χ2v) is 9.19. The third kappa shape index (κ3) is 5.54. The van der Waals surface area contributed by atoms with E-state index >= 15 is 0 Å². The first-order valence-electron chi connectivity index (χ1n) is 12.6. The number of methoxy groups -OCH3 is 1. The van der Waals surface area contributed by atoms with Crippen LogP contribution in [0.3, 0.4) is 0 Å². The summed E-state index contributed by atoms with van der Waals surface area (Å²) in [5.74, 6) is 1.13. The number of fused-ring (bicyclic) bond motifs is 1. The van der Waals surface area contributed by atoms with Crippen molar-refractivity contribution in [3.05, 3.63) is 94.1 Å². The zero-order valence-electron chi connectivity index (χ0n) is 21.6. The van der Waals surface area contributed by atoms with Gasteiger partial charge in [0, 0.05) is 50.4 Å². The molecular weight excluding hydrogens is 502 g/mol. The summed E-state index contributed by atoms with van der Waals surface area (Å²) in [6, 6.07) is 22.7. The largest absolute Gasteiger partial charge is 0.495 e. The van der Waals surface area contributed by atoms with Crippen molar-refractivity contribution in [2.75, 3.05) is 51.3 Å². The number of para-hydroxylation sites is 3. The Kier molecular flexibility index (Phi) is 8.71. The lowest BCUT2D eigenvalue weighted by atomic mass is 10.0. The van der Waals surface area contributed by atoms with E-state index in [1.165, 1.54) is 0 Å². The van der Waals surface area contributed by atoms with E-state index in [0.29, 0.717) is 34.4 Å². The number of halogens is 1. The molecule has 0 unspecified atom stereocenters. The van der Waals surface area contributed by atoms with Crippen molar-refractivity contribution in [1.82, 2.24) is 10.2 Å². The fraction of sp³-hybridized carbons (Fsp3) is 0.267. The number of nitrogens with one attached hydrogen (secondary N) is 1. The van der Waals surface area contributed by atoms with Crippen molar-refractivity contribution in [2.24, 2.45) is 0 Å². The van der Waals surface area contributed by atoms with Gasteiger partial charge in [-0.25, -0.2) is 0 Å². The second-order valence-electron chi connectivity index (χ2n) is 9.19. The minimum absolute atomic E-state index is 0. The van der Waals surface area contributed by atoms with Crippen LogP contribution in [0.25, 0.3) is 22.3 Å². The van der Waals surface area contributed by atoms with E-state index in [9.17, 15) is 9.59 Å². The van der Waals surface area contributed by atoms with Gasteiger partial charge in [0.05, 0.1) is 23.7 Å². The monoisotopic (exact) mass is 533 g/mol. The standard InChI is InChI=1S/C30H31N3O4.ClH/c1-21-27(34)23-11-8-12-24(29(23)37-28(21)22-9-4-3-5-10-22)30(35)31-15-16-32-17-19-33(20-18-32)25-13-6-7-14-26(25)36-2;/h3-14H,15-20H2,1-2H3,(H,31,35);1H. The van der Waals surface area contributed by atoms with E-state index in [1.807, 2.05) is 48.5 Å². The highest BCUT2D eigenvalue weighted by Gasteiger charge is 2.21. The van der Waals surface area contributed by atoms with Crippen LogP contribution in [0.2, 0.25) is 0 Å². The van der Waals surface area contributed by atoms with Crippen LogP contribution in [-0.2, 0) is 0 Å². The number of amides is 1. The predicted octanol–water partition coefficient (Wildman–Crippen LogP) is 4.75. The number of carbonyl (C=O) groups excluding carboxylic acids is 1. The smallest absolute Gasteiger partial charge is 0.255 e. The first-order chi connectivity index (χ1) is 18.1. The Hall–Kier alpha value is -3.81. The number of hydrogen-bond donors (Lipinski definition) is 1. The van der Waals surface area contributed by atoms with Crippen molar-refractivity contribution in [1.29, 1.82) is 0 Å². The molecule has 5 rings (SSSR count). The predicted molar refractivity (Wildman–Crippen MR) is 154 cm³/mol. The van der Waals surface area contributed by atoms with Crippen molar-refractivity contribution in [3.8, 4) is 17.1 Å². The third-order valence-electron chi connectivity index (χ3n) is 6.94. The Balaban J connectivity index is 0.00000336. The van der Waals surface area contributed by atoms with Crippen molar-refractivity contribution >= 4 is 35.0 Å². The number of hydrogen-bond acceptors (Lipinski definition) is 6. The number of piperazine rings is 1. The van der Waals surface area contributed by atoms with Crippen LogP contribution in [-0.4, -0.2) is 57.2 Å². The molecule has 1 aromatic heterocycles. The molecule has 0 aliphatic carbocycles. The molecule has 4 aromatic rings. The molecular formula is C30H32ClN3O4. The molecule has 7 nitrogen and oxygen atoms in total. The summed E-state index contributed by atoms with van der Waals surface area (Å²) in [4.78, 5) is 30.9. The summed E-state index contributed by atoms with van der Waals surface area (Å²) in [5.41, 5.74) is 3.01. The molecule has 198 valence electrons. The van der Waals surface area contributed by atoms with Crippen LogP contribution in [0.1, 0.15) is 15.9 Å². The van der Waals surface area contributed by atoms with Gasteiger partial charge in [0.1, 0.15) is 11.5 Å². The van der Waals surface area contributed by atoms with Crippen LogP contribution in [0.4, 0.5) is 5.69 Å². The molecule has 0 bridgehead atoms. The van der Waals surface area contributed by atoms with E-state index in [-0.39, 0.29) is 23.7 Å². The number of rotatable bonds is 7. The maximum atomic E-state index is 13.1. The summed E-state index contributed by atoms with van der Waals surface area (Å²) in [7, 11) is 1.70. The van der Waals surface area contributed by atoms with E-state index in [2.05, 4.69) is 21.2 Å². The summed E-state index contributed by atoms with van der Waals surface area (Å²) in [6.07, 6.45) is 0. The Labute approximate surface area is 228 Å². The zero-order valence-corrected chi connectivity index (χ0v) is 22.4. The fourth-order valence-corrected chi connectivity index (χ4v) is 4.88. The maximum absolute atomic E-state index is 13.1. The minimum Gasteiger partial charge on any atom is -0.495 e. The second kappa shape index (κ2) is 12.2. The van der Waals surface area contributed by atoms with Gasteiger partial charge in [-0.1, -0.05) is 48.5 Å². The Morgan fingerprint density at radius 2 is 1.66 bits per heavy atom. The van der Waals surface area contributed by atoms with Crippen LogP contribution < -0.4 is 20.4 Å². The Morgan fingerprint density at radius 1 is 0.947 bits per heavy atom. The number of ether oxygens (including phenoxy) is 1. The van der Waals surface area contributed by atoms with Crippen molar-refractivity contribution < 1.29 is 13.9 Å². The Bertz CT molecular complexity index is 1460. The van der Waals surface area contributed by atoms with E-state index < -0.39 is 0 Å². The molecule has 0 spiro atoms. The lowest BCUT2D eigenvalue weighted by Crippen LogP contribution is -2.48. The molecule has 8 heteroatoms. The van der Waals surface area contributed by atoms with Crippen LogP contribution in [0, 0.1) is 6.92 Å². The SMILES string of the molecule is COc1ccccc1N1CCN(CCNC(=O)c2cccc3c(=O)c(C)c(-c4ccccc4)oc23)CC1.Cl. The molecule has 0 saturated carbocycles. The molecule has 38 heavy (non-hydrogen) atoms. The number of carbonyl (C=O) groups is 1. The zero-order chi connectivity index (χ0) is 25.8. The lowest BCUT2D eigenvalue weighted by molar-refractivity contribution is 0.0948. The molecule has 1 saturated heterocycles. The average Bonchev–Trinajstić information content (AvgIpc) is 2.95. The molecule has 1 aliphatic heterocycles. The van der Waals surface area contributed by atoms with Gasteiger partial charge < -0.3 is 19.4 Å². The van der Waals surface area contributed by atoms with Gasteiger partial charge in [-0.05, 0) is 31.2 Å². The van der Waals surface area contributed by atoms with E-state index in [0.717, 1.165) is 49.7 Å². The first-order valence-corrected chi connectivity index (χ1v) is 12.6. The van der Waals surface area contributed by atoms with Gasteiger partial charge in [-0.15, -0.1) is 12.4 Å². The summed E-state index contributed by atoms with van der Waals surface area (Å²) in [6.45, 7) is 6.59. The molecule has 0 atom stereocenters. The van der Waals surface area contributed by atoms with Gasteiger partial charge in [-0.3, -0.25) is 14.5 Å². The number of benzene rings is 3. The summed E-state index contributed by atoms with van der Waals surface area (Å²) in [5, 5.41) is 3.43. The third-order valence-corrected chi connectivity index (χ3v) is 6.94. The summed E-state index contributed by atoms with van der Waals surface area (Å²) < 4.78 is 11.7. The highest BCUT2D eigenvalue weighted by Crippen LogP contribution is 2.29. The number of nitrogens with zero attached hydrogens (tertiary/aromatic N) is 2. The van der Waals surface area contributed by atoms with Crippen LogP contribution >= 0.6 is 12.4 Å².